The number of aromatic nitrogens is 1. The summed E-state index contributed by atoms with van der Waals surface area (Å²) in [5.74, 6) is 1.65. The first-order chi connectivity index (χ1) is 11.4. The van der Waals surface area contributed by atoms with Gasteiger partial charge in [0.1, 0.15) is 6.07 Å². The Kier molecular flexibility index (Phi) is 4.15. The highest BCUT2D eigenvalue weighted by atomic mass is 16.4. The van der Waals surface area contributed by atoms with E-state index in [9.17, 15) is 5.26 Å². The second-order valence-electron chi connectivity index (χ2n) is 7.24. The molecule has 0 unspecified atom stereocenters. The maximum Gasteiger partial charge on any atom is 0.254 e. The van der Waals surface area contributed by atoms with Crippen molar-refractivity contribution in [2.24, 2.45) is 5.10 Å². The van der Waals surface area contributed by atoms with Gasteiger partial charge in [0.05, 0.1) is 6.21 Å². The van der Waals surface area contributed by atoms with Crippen molar-refractivity contribution in [1.29, 1.82) is 5.26 Å². The van der Waals surface area contributed by atoms with E-state index >= 15 is 0 Å². The summed E-state index contributed by atoms with van der Waals surface area (Å²) in [6.45, 7) is 5.98. The van der Waals surface area contributed by atoms with E-state index in [2.05, 4.69) is 40.4 Å². The molecule has 0 atom stereocenters. The number of hydrogen-bond donors (Lipinski definition) is 0. The fraction of sp³-hybridized carbons (Fsp3) is 0.421. The molecule has 1 aromatic carbocycles. The summed E-state index contributed by atoms with van der Waals surface area (Å²) >= 11 is 0. The molecule has 3 rings (SSSR count). The van der Waals surface area contributed by atoms with Crippen LogP contribution >= 0.6 is 0 Å². The molecule has 0 bridgehead atoms. The average Bonchev–Trinajstić information content (AvgIpc) is 3.30. The van der Waals surface area contributed by atoms with E-state index in [1.54, 1.807) is 18.3 Å². The number of hydrazone groups is 1. The first kappa shape index (κ1) is 16.3. The van der Waals surface area contributed by atoms with Crippen LogP contribution in [0.2, 0.25) is 0 Å². The first-order valence-corrected chi connectivity index (χ1v) is 8.17. The van der Waals surface area contributed by atoms with Gasteiger partial charge < -0.3 is 4.42 Å². The summed E-state index contributed by atoms with van der Waals surface area (Å²) in [6.07, 6.45) is 4.36. The summed E-state index contributed by atoms with van der Waals surface area (Å²) in [4.78, 5) is 4.27. The highest BCUT2D eigenvalue weighted by Gasteiger charge is 2.25. The van der Waals surface area contributed by atoms with E-state index in [1.807, 2.05) is 20.8 Å². The van der Waals surface area contributed by atoms with E-state index in [4.69, 9.17) is 4.42 Å². The second-order valence-corrected chi connectivity index (χ2v) is 7.24. The van der Waals surface area contributed by atoms with Gasteiger partial charge in [0.2, 0.25) is 11.6 Å². The van der Waals surface area contributed by atoms with E-state index in [0.717, 1.165) is 11.5 Å². The van der Waals surface area contributed by atoms with Crippen molar-refractivity contribution >= 4 is 12.1 Å². The summed E-state index contributed by atoms with van der Waals surface area (Å²) in [7, 11) is 1.75. The number of nitrogens with zero attached hydrogens (tertiary/aromatic N) is 4. The molecule has 2 aromatic rings. The molecule has 1 aromatic heterocycles. The lowest BCUT2D eigenvalue weighted by Crippen LogP contribution is -2.11. The molecule has 1 aliphatic carbocycles. The number of rotatable bonds is 4. The molecule has 1 fully saturated rings. The van der Waals surface area contributed by atoms with Crippen LogP contribution in [0, 0.1) is 11.3 Å². The Bertz CT molecular complexity index is 786. The zero-order valence-corrected chi connectivity index (χ0v) is 14.6. The molecular formula is C19H22N4O. The molecule has 5 nitrogen and oxygen atoms in total. The minimum atomic E-state index is -0.257. The van der Waals surface area contributed by atoms with Crippen LogP contribution in [0.5, 0.6) is 0 Å². The summed E-state index contributed by atoms with van der Waals surface area (Å²) in [5.41, 5.74) is 2.41. The number of nitriles is 1. The van der Waals surface area contributed by atoms with Gasteiger partial charge in [-0.25, -0.2) is 5.01 Å². The number of hydrogen-bond acceptors (Lipinski definition) is 5. The Morgan fingerprint density at radius 2 is 1.96 bits per heavy atom. The van der Waals surface area contributed by atoms with E-state index in [0.29, 0.717) is 11.8 Å². The van der Waals surface area contributed by atoms with E-state index in [-0.39, 0.29) is 11.1 Å². The Labute approximate surface area is 142 Å². The predicted molar refractivity (Wildman–Crippen MR) is 94.3 cm³/mol. The van der Waals surface area contributed by atoms with Crippen LogP contribution in [-0.2, 0) is 5.41 Å². The fourth-order valence-electron chi connectivity index (χ4n) is 2.40. The molecule has 0 amide bonds. The summed E-state index contributed by atoms with van der Waals surface area (Å²) in [5, 5.41) is 15.2. The van der Waals surface area contributed by atoms with Gasteiger partial charge in [-0.15, -0.1) is 0 Å². The highest BCUT2D eigenvalue weighted by molar-refractivity contribution is 5.80. The molecular weight excluding hydrogens is 300 g/mol. The number of anilines is 1. The molecule has 0 radical (unpaired) electrons. The molecule has 1 saturated carbocycles. The van der Waals surface area contributed by atoms with Crippen molar-refractivity contribution in [3.63, 3.8) is 0 Å². The third-order valence-electron chi connectivity index (χ3n) is 4.02. The Hall–Kier alpha value is -2.61. The average molecular weight is 322 g/mol. The number of oxazole rings is 1. The number of benzene rings is 1. The zero-order chi connectivity index (χ0) is 17.3. The maximum absolute atomic E-state index is 9.27. The molecule has 0 saturated heterocycles. The highest BCUT2D eigenvalue weighted by Crippen LogP contribution is 2.39. The van der Waals surface area contributed by atoms with Crippen LogP contribution in [0.1, 0.15) is 62.2 Å². The fourth-order valence-corrected chi connectivity index (χ4v) is 2.40. The lowest BCUT2D eigenvalue weighted by atomic mass is 9.97. The van der Waals surface area contributed by atoms with Gasteiger partial charge in [0.25, 0.3) is 5.88 Å². The quantitative estimate of drug-likeness (QED) is 0.625. The van der Waals surface area contributed by atoms with Crippen molar-refractivity contribution in [3.05, 3.63) is 47.0 Å². The molecule has 1 aliphatic rings. The van der Waals surface area contributed by atoms with Crippen LogP contribution in [0.25, 0.3) is 0 Å². The monoisotopic (exact) mass is 322 g/mol. The largest absolute Gasteiger partial charge is 0.421 e. The van der Waals surface area contributed by atoms with Gasteiger partial charge in [-0.2, -0.15) is 15.3 Å². The smallest absolute Gasteiger partial charge is 0.254 e. The lowest BCUT2D eigenvalue weighted by molar-refractivity contribution is 0.394. The van der Waals surface area contributed by atoms with Gasteiger partial charge in [-0.3, -0.25) is 0 Å². The van der Waals surface area contributed by atoms with Crippen LogP contribution in [0.4, 0.5) is 5.88 Å². The molecule has 5 heteroatoms. The van der Waals surface area contributed by atoms with Gasteiger partial charge in [-0.05, 0) is 29.9 Å². The van der Waals surface area contributed by atoms with Gasteiger partial charge in [-0.1, -0.05) is 45.0 Å². The molecule has 24 heavy (non-hydrogen) atoms. The standard InChI is InChI=1S/C19H22N4O/c1-19(2,3)18-22-16(11-20)17(24-18)23(4)21-12-13-5-7-14(8-6-13)15-9-10-15/h5-8,12,15H,9-10H2,1-4H3. The van der Waals surface area contributed by atoms with Crippen molar-refractivity contribution in [3.8, 4) is 6.07 Å². The Morgan fingerprint density at radius 3 is 2.50 bits per heavy atom. The van der Waals surface area contributed by atoms with Crippen molar-refractivity contribution < 1.29 is 4.42 Å². The normalized spacial score (nSPS) is 14.8. The van der Waals surface area contributed by atoms with Crippen LogP contribution in [0.15, 0.2) is 33.8 Å². The van der Waals surface area contributed by atoms with E-state index in [1.165, 1.54) is 18.4 Å². The van der Waals surface area contributed by atoms with Crippen LogP contribution < -0.4 is 5.01 Å². The molecule has 0 aliphatic heterocycles. The van der Waals surface area contributed by atoms with Crippen molar-refractivity contribution in [1.82, 2.24) is 4.98 Å². The third-order valence-corrected chi connectivity index (χ3v) is 4.02. The summed E-state index contributed by atoms with van der Waals surface area (Å²) in [6, 6.07) is 10.5. The SMILES string of the molecule is CN(N=Cc1ccc(C2CC2)cc1)c1oc(C(C)(C)C)nc1C#N. The second kappa shape index (κ2) is 6.12. The zero-order valence-electron chi connectivity index (χ0n) is 14.6. The Morgan fingerprint density at radius 1 is 1.29 bits per heavy atom. The Balaban J connectivity index is 1.77. The molecule has 0 spiro atoms. The summed E-state index contributed by atoms with van der Waals surface area (Å²) < 4.78 is 5.76. The first-order valence-electron chi connectivity index (χ1n) is 8.17. The van der Waals surface area contributed by atoms with Gasteiger partial charge in [0.15, 0.2) is 0 Å². The minimum Gasteiger partial charge on any atom is -0.421 e. The molecule has 1 heterocycles. The van der Waals surface area contributed by atoms with Crippen molar-refractivity contribution in [2.75, 3.05) is 12.1 Å². The minimum absolute atomic E-state index is 0.253. The molecule has 0 N–H and O–H groups in total. The van der Waals surface area contributed by atoms with E-state index < -0.39 is 0 Å². The van der Waals surface area contributed by atoms with Crippen LogP contribution in [-0.4, -0.2) is 18.2 Å². The third kappa shape index (κ3) is 3.48. The topological polar surface area (TPSA) is 65.4 Å². The molecule has 124 valence electrons. The lowest BCUT2D eigenvalue weighted by Gasteiger charge is -2.13. The van der Waals surface area contributed by atoms with Crippen molar-refractivity contribution in [2.45, 2.75) is 44.9 Å². The van der Waals surface area contributed by atoms with Gasteiger partial charge >= 0.3 is 0 Å². The predicted octanol–water partition coefficient (Wildman–Crippen LogP) is 4.19. The van der Waals surface area contributed by atoms with Crippen LogP contribution in [0.3, 0.4) is 0 Å². The maximum atomic E-state index is 9.27. The van der Waals surface area contributed by atoms with Gasteiger partial charge in [0, 0.05) is 12.5 Å².